The number of anilines is 1. The second-order valence-corrected chi connectivity index (χ2v) is 7.95. The number of aromatic nitrogens is 4. The number of imidazole rings is 1. The molecule has 1 aliphatic heterocycles. The van der Waals surface area contributed by atoms with E-state index in [9.17, 15) is 15.0 Å². The van der Waals surface area contributed by atoms with E-state index in [0.29, 0.717) is 11.2 Å². The molecule has 0 aromatic carbocycles. The molecule has 5 N–H and O–H groups in total. The van der Waals surface area contributed by atoms with Crippen LogP contribution in [0, 0.1) is 0 Å². The van der Waals surface area contributed by atoms with Gasteiger partial charge in [-0.05, 0) is 38.5 Å². The number of carbonyl (C=O) groups excluding carboxylic acids is 1. The highest BCUT2D eigenvalue weighted by atomic mass is 16.6. The predicted molar refractivity (Wildman–Crippen MR) is 99.7 cm³/mol. The maximum absolute atomic E-state index is 12.3. The first-order chi connectivity index (χ1) is 14.0. The molecule has 11 nitrogen and oxygen atoms in total. The van der Waals surface area contributed by atoms with E-state index in [1.165, 1.54) is 10.9 Å². The smallest absolute Gasteiger partial charge is 0.320 e. The van der Waals surface area contributed by atoms with Gasteiger partial charge in [0.25, 0.3) is 5.91 Å². The summed E-state index contributed by atoms with van der Waals surface area (Å²) in [5.74, 6) is -0.289. The third-order valence-corrected chi connectivity index (χ3v) is 5.70. The monoisotopic (exact) mass is 404 g/mol. The summed E-state index contributed by atoms with van der Waals surface area (Å²) in [5, 5.41) is 23.6. The Morgan fingerprint density at radius 2 is 1.97 bits per heavy atom. The van der Waals surface area contributed by atoms with Crippen molar-refractivity contribution in [1.29, 1.82) is 0 Å². The van der Waals surface area contributed by atoms with Gasteiger partial charge in [-0.15, -0.1) is 0 Å². The van der Waals surface area contributed by atoms with Crippen molar-refractivity contribution in [2.45, 2.75) is 75.2 Å². The molecule has 1 amide bonds. The minimum atomic E-state index is -1.37. The van der Waals surface area contributed by atoms with Gasteiger partial charge in [0.05, 0.1) is 6.33 Å². The van der Waals surface area contributed by atoms with Gasteiger partial charge in [0.15, 0.2) is 29.3 Å². The minimum absolute atomic E-state index is 0.0499. The highest BCUT2D eigenvalue weighted by Gasteiger charge is 2.48. The number of carbonyl (C=O) groups is 1. The topological polar surface area (TPSA) is 158 Å². The van der Waals surface area contributed by atoms with Gasteiger partial charge in [0, 0.05) is 6.04 Å². The summed E-state index contributed by atoms with van der Waals surface area (Å²) in [6.45, 7) is 0. The number of fused-ring (bicyclic) bond motifs is 1. The van der Waals surface area contributed by atoms with Crippen LogP contribution in [-0.4, -0.2) is 66.1 Å². The molecule has 29 heavy (non-hydrogen) atoms. The van der Waals surface area contributed by atoms with Crippen LogP contribution in [0.3, 0.4) is 0 Å². The Labute approximate surface area is 166 Å². The Morgan fingerprint density at radius 3 is 2.69 bits per heavy atom. The van der Waals surface area contributed by atoms with E-state index in [-0.39, 0.29) is 24.0 Å². The fourth-order valence-corrected chi connectivity index (χ4v) is 3.93. The number of hydrogen-bond donors (Lipinski definition) is 4. The van der Waals surface area contributed by atoms with Crippen LogP contribution in [0.2, 0.25) is 0 Å². The average molecular weight is 404 g/mol. The Hall–Kier alpha value is -2.50. The highest BCUT2D eigenvalue weighted by molar-refractivity contribution is 5.83. The maximum Gasteiger partial charge on any atom is 0.320 e. The van der Waals surface area contributed by atoms with Gasteiger partial charge in [-0.3, -0.25) is 9.36 Å². The number of nitrogens with two attached hydrogens (primary N) is 1. The zero-order valence-corrected chi connectivity index (χ0v) is 15.8. The lowest BCUT2D eigenvalue weighted by Gasteiger charge is -2.17. The summed E-state index contributed by atoms with van der Waals surface area (Å²) in [4.78, 5) is 25.1. The van der Waals surface area contributed by atoms with Crippen molar-refractivity contribution < 1.29 is 24.5 Å². The summed E-state index contributed by atoms with van der Waals surface area (Å²) >= 11 is 0. The van der Waals surface area contributed by atoms with Crippen molar-refractivity contribution >= 4 is 22.9 Å². The predicted octanol–water partition coefficient (Wildman–Crippen LogP) is -0.372. The van der Waals surface area contributed by atoms with Crippen LogP contribution in [0.1, 0.15) is 44.8 Å². The van der Waals surface area contributed by atoms with Crippen molar-refractivity contribution in [2.75, 3.05) is 5.73 Å². The molecule has 2 saturated carbocycles. The van der Waals surface area contributed by atoms with E-state index in [0.717, 1.165) is 38.5 Å². The SMILES string of the molecule is Nc1nc(OC2CCCC2)nc2c1ncn2[C@@H]1O[C@H](C(=O)NC2CC2)[C@@H](O)[C@H]1O. The second-order valence-electron chi connectivity index (χ2n) is 7.95. The number of nitrogen functional groups attached to an aromatic ring is 1. The van der Waals surface area contributed by atoms with Gasteiger partial charge in [0.1, 0.15) is 18.3 Å². The van der Waals surface area contributed by atoms with Crippen molar-refractivity contribution in [1.82, 2.24) is 24.8 Å². The molecule has 0 spiro atoms. The standard InChI is InChI=1S/C18H24N6O5/c19-14-10-15(23-18(22-14)28-9-3-1-2-4-9)24(7-20-10)17-12(26)11(25)13(29-17)16(27)21-8-5-6-8/h7-9,11-13,17,25-26H,1-6H2,(H,21,27)(H2,19,22,23)/t11-,12+,13-,17+/m0/s1. The highest BCUT2D eigenvalue weighted by Crippen LogP contribution is 2.33. The van der Waals surface area contributed by atoms with Crippen LogP contribution in [0.15, 0.2) is 6.33 Å². The number of hydrogen-bond acceptors (Lipinski definition) is 9. The van der Waals surface area contributed by atoms with Gasteiger partial charge in [-0.25, -0.2) is 4.98 Å². The molecule has 2 aliphatic carbocycles. The molecule has 0 unspecified atom stereocenters. The number of nitrogens with one attached hydrogen (secondary N) is 1. The third-order valence-electron chi connectivity index (χ3n) is 5.70. The molecular weight excluding hydrogens is 380 g/mol. The number of nitrogens with zero attached hydrogens (tertiary/aromatic N) is 4. The minimum Gasteiger partial charge on any atom is -0.460 e. The van der Waals surface area contributed by atoms with Crippen LogP contribution in [0.5, 0.6) is 6.01 Å². The zero-order chi connectivity index (χ0) is 20.1. The molecule has 156 valence electrons. The molecule has 3 heterocycles. The van der Waals surface area contributed by atoms with Crippen LogP contribution in [-0.2, 0) is 9.53 Å². The van der Waals surface area contributed by atoms with Crippen LogP contribution in [0.25, 0.3) is 11.2 Å². The molecule has 4 atom stereocenters. The first-order valence-corrected chi connectivity index (χ1v) is 10.00. The lowest BCUT2D eigenvalue weighted by atomic mass is 10.1. The van der Waals surface area contributed by atoms with Gasteiger partial charge in [0.2, 0.25) is 0 Å². The first-order valence-electron chi connectivity index (χ1n) is 10.00. The Kier molecular flexibility index (Phi) is 4.52. The van der Waals surface area contributed by atoms with E-state index in [1.54, 1.807) is 0 Å². The van der Waals surface area contributed by atoms with Crippen molar-refractivity contribution in [3.8, 4) is 6.01 Å². The number of amides is 1. The molecule has 0 radical (unpaired) electrons. The molecular formula is C18H24N6O5. The van der Waals surface area contributed by atoms with Gasteiger partial charge in [-0.2, -0.15) is 9.97 Å². The quantitative estimate of drug-likeness (QED) is 0.521. The summed E-state index contributed by atoms with van der Waals surface area (Å²) < 4.78 is 13.0. The van der Waals surface area contributed by atoms with Crippen molar-refractivity contribution in [2.24, 2.45) is 0 Å². The lowest BCUT2D eigenvalue weighted by Crippen LogP contribution is -2.43. The van der Waals surface area contributed by atoms with Crippen LogP contribution in [0.4, 0.5) is 5.82 Å². The Morgan fingerprint density at radius 1 is 1.21 bits per heavy atom. The van der Waals surface area contributed by atoms with E-state index >= 15 is 0 Å². The Balaban J connectivity index is 1.42. The van der Waals surface area contributed by atoms with Crippen molar-refractivity contribution in [3.63, 3.8) is 0 Å². The normalized spacial score (nSPS) is 30.1. The fourth-order valence-electron chi connectivity index (χ4n) is 3.93. The van der Waals surface area contributed by atoms with Gasteiger partial charge < -0.3 is 30.7 Å². The number of aliphatic hydroxyl groups is 2. The van der Waals surface area contributed by atoms with E-state index in [2.05, 4.69) is 20.3 Å². The fraction of sp³-hybridized carbons (Fsp3) is 0.667. The second kappa shape index (κ2) is 7.08. The van der Waals surface area contributed by atoms with Crippen LogP contribution >= 0.6 is 0 Å². The number of aliphatic hydroxyl groups excluding tert-OH is 2. The largest absolute Gasteiger partial charge is 0.460 e. The van der Waals surface area contributed by atoms with Crippen LogP contribution < -0.4 is 15.8 Å². The molecule has 3 fully saturated rings. The summed E-state index contributed by atoms with van der Waals surface area (Å²) in [7, 11) is 0. The molecule has 1 saturated heterocycles. The summed E-state index contributed by atoms with van der Waals surface area (Å²) in [5.41, 5.74) is 6.66. The number of ether oxygens (including phenoxy) is 2. The van der Waals surface area contributed by atoms with Gasteiger partial charge >= 0.3 is 6.01 Å². The maximum atomic E-state index is 12.3. The molecule has 0 bridgehead atoms. The Bertz CT molecular complexity index is 925. The van der Waals surface area contributed by atoms with E-state index in [1.807, 2.05) is 0 Å². The molecule has 11 heteroatoms. The average Bonchev–Trinajstić information content (AvgIpc) is 3.07. The molecule has 5 rings (SSSR count). The summed E-state index contributed by atoms with van der Waals surface area (Å²) in [6, 6.07) is 0.256. The molecule has 3 aliphatic rings. The number of rotatable bonds is 5. The third kappa shape index (κ3) is 3.38. The van der Waals surface area contributed by atoms with E-state index in [4.69, 9.17) is 15.2 Å². The van der Waals surface area contributed by atoms with Gasteiger partial charge in [-0.1, -0.05) is 0 Å². The van der Waals surface area contributed by atoms with Crippen molar-refractivity contribution in [3.05, 3.63) is 6.33 Å². The zero-order valence-electron chi connectivity index (χ0n) is 15.8. The molecule has 2 aromatic heterocycles. The lowest BCUT2D eigenvalue weighted by molar-refractivity contribution is -0.137. The summed E-state index contributed by atoms with van der Waals surface area (Å²) in [6.07, 6.45) is 2.42. The molecule has 2 aromatic rings. The van der Waals surface area contributed by atoms with E-state index < -0.39 is 30.4 Å². The first kappa shape index (κ1) is 18.5.